The van der Waals surface area contributed by atoms with Crippen LogP contribution in [-0.2, 0) is 4.79 Å². The van der Waals surface area contributed by atoms with E-state index >= 15 is 0 Å². The third-order valence-electron chi connectivity index (χ3n) is 5.27. The van der Waals surface area contributed by atoms with Gasteiger partial charge in [0.1, 0.15) is 17.9 Å². The molecule has 0 aliphatic carbocycles. The Labute approximate surface area is 189 Å². The quantitative estimate of drug-likeness (QED) is 0.512. The molecule has 1 aliphatic heterocycles. The second kappa shape index (κ2) is 9.45. The van der Waals surface area contributed by atoms with Crippen molar-refractivity contribution < 1.29 is 9.53 Å². The van der Waals surface area contributed by atoms with Crippen LogP contribution in [0, 0.1) is 0 Å². The number of benzene rings is 2. The van der Waals surface area contributed by atoms with Crippen molar-refractivity contribution in [1.82, 2.24) is 14.9 Å². The Hall–Kier alpha value is -2.97. The number of methoxy groups -OCH3 is 1. The number of amides is 1. The number of carbonyl (C=O) groups excluding carboxylic acids is 1. The highest BCUT2D eigenvalue weighted by molar-refractivity contribution is 9.10. The van der Waals surface area contributed by atoms with Crippen LogP contribution < -0.4 is 15.4 Å². The van der Waals surface area contributed by atoms with Crippen LogP contribution in [-0.4, -0.2) is 48.0 Å². The summed E-state index contributed by atoms with van der Waals surface area (Å²) in [6.45, 7) is 1.95. The Kier molecular flexibility index (Phi) is 6.48. The summed E-state index contributed by atoms with van der Waals surface area (Å²) in [6.07, 6.45) is 5.03. The molecule has 4 rings (SSSR count). The number of hydrogen-bond donors (Lipinski definition) is 2. The summed E-state index contributed by atoms with van der Waals surface area (Å²) in [6, 6.07) is 11.5. The highest BCUT2D eigenvalue weighted by atomic mass is 79.9. The Morgan fingerprint density at radius 1 is 1.19 bits per heavy atom. The number of anilines is 3. The Morgan fingerprint density at radius 3 is 2.74 bits per heavy atom. The standard InChI is InChI=1S/C23H24BrN5O2/c1-29-8-6-15(7-9-29)10-22(30)28-20-12-18-19(13-21(20)31-2)25-14-26-23(18)27-17-5-3-4-16(24)11-17/h3-5,10-14H,6-9H2,1-2H3,(H,28,30)(H,25,26,27). The molecule has 1 fully saturated rings. The molecule has 2 heterocycles. The van der Waals surface area contributed by atoms with Crippen LogP contribution in [0.3, 0.4) is 0 Å². The maximum atomic E-state index is 12.7. The van der Waals surface area contributed by atoms with Crippen molar-refractivity contribution in [1.29, 1.82) is 0 Å². The van der Waals surface area contributed by atoms with Gasteiger partial charge < -0.3 is 20.3 Å². The van der Waals surface area contributed by atoms with Crippen LogP contribution in [0.25, 0.3) is 10.9 Å². The van der Waals surface area contributed by atoms with Crippen LogP contribution >= 0.6 is 15.9 Å². The third-order valence-corrected chi connectivity index (χ3v) is 5.76. The highest BCUT2D eigenvalue weighted by Gasteiger charge is 2.15. The van der Waals surface area contributed by atoms with Gasteiger partial charge in [-0.1, -0.05) is 27.6 Å². The van der Waals surface area contributed by atoms with Crippen molar-refractivity contribution in [3.63, 3.8) is 0 Å². The van der Waals surface area contributed by atoms with Crippen LogP contribution in [0.15, 0.2) is 58.8 Å². The number of rotatable bonds is 5. The van der Waals surface area contributed by atoms with Gasteiger partial charge in [0.2, 0.25) is 5.91 Å². The summed E-state index contributed by atoms with van der Waals surface area (Å²) >= 11 is 3.48. The van der Waals surface area contributed by atoms with Gasteiger partial charge in [-0.15, -0.1) is 0 Å². The van der Waals surface area contributed by atoms with E-state index in [2.05, 4.69) is 48.5 Å². The molecule has 2 aromatic carbocycles. The number of halogens is 1. The van der Waals surface area contributed by atoms with Crippen LogP contribution in [0.5, 0.6) is 5.75 Å². The van der Waals surface area contributed by atoms with Crippen LogP contribution in [0.1, 0.15) is 12.8 Å². The Morgan fingerprint density at radius 2 is 2.00 bits per heavy atom. The number of aromatic nitrogens is 2. The fourth-order valence-electron chi connectivity index (χ4n) is 3.56. The summed E-state index contributed by atoms with van der Waals surface area (Å²) in [5.41, 5.74) is 3.35. The van der Waals surface area contributed by atoms with Gasteiger partial charge in [0.15, 0.2) is 0 Å². The van der Waals surface area contributed by atoms with Gasteiger partial charge in [-0.2, -0.15) is 0 Å². The van der Waals surface area contributed by atoms with Crippen LogP contribution in [0.2, 0.25) is 0 Å². The molecule has 0 saturated carbocycles. The van der Waals surface area contributed by atoms with E-state index in [-0.39, 0.29) is 5.91 Å². The Bertz CT molecular complexity index is 1140. The minimum atomic E-state index is -0.157. The summed E-state index contributed by atoms with van der Waals surface area (Å²) in [5.74, 6) is 1.04. The number of piperidine rings is 1. The van der Waals surface area contributed by atoms with Gasteiger partial charge in [-0.25, -0.2) is 9.97 Å². The maximum absolute atomic E-state index is 12.7. The second-order valence-electron chi connectivity index (χ2n) is 7.52. The van der Waals surface area contributed by atoms with Crippen molar-refractivity contribution in [3.8, 4) is 5.75 Å². The van der Waals surface area contributed by atoms with E-state index in [1.807, 2.05) is 30.3 Å². The molecule has 1 saturated heterocycles. The minimum absolute atomic E-state index is 0.157. The molecule has 160 valence electrons. The molecule has 7 nitrogen and oxygen atoms in total. The molecule has 1 amide bonds. The first-order valence-electron chi connectivity index (χ1n) is 10.1. The van der Waals surface area contributed by atoms with E-state index in [0.717, 1.165) is 52.6 Å². The molecular formula is C23H24BrN5O2. The molecule has 1 aliphatic rings. The van der Waals surface area contributed by atoms with Crippen molar-refractivity contribution in [2.24, 2.45) is 0 Å². The molecule has 0 bridgehead atoms. The molecule has 0 radical (unpaired) electrons. The van der Waals surface area contributed by atoms with Gasteiger partial charge in [0.05, 0.1) is 18.3 Å². The normalized spacial score (nSPS) is 14.4. The third kappa shape index (κ3) is 5.21. The van der Waals surface area contributed by atoms with E-state index in [4.69, 9.17) is 4.74 Å². The van der Waals surface area contributed by atoms with Gasteiger partial charge in [-0.3, -0.25) is 4.79 Å². The molecule has 31 heavy (non-hydrogen) atoms. The maximum Gasteiger partial charge on any atom is 0.248 e. The number of nitrogens with zero attached hydrogens (tertiary/aromatic N) is 3. The lowest BCUT2D eigenvalue weighted by Crippen LogP contribution is -2.27. The largest absolute Gasteiger partial charge is 0.494 e. The van der Waals surface area contributed by atoms with Crippen molar-refractivity contribution in [2.75, 3.05) is 37.9 Å². The number of fused-ring (bicyclic) bond motifs is 1. The van der Waals surface area contributed by atoms with E-state index in [0.29, 0.717) is 17.3 Å². The SMILES string of the molecule is COc1cc2ncnc(Nc3cccc(Br)c3)c2cc1NC(=O)C=C1CCN(C)CC1. The van der Waals surface area contributed by atoms with Gasteiger partial charge in [0, 0.05) is 40.8 Å². The molecule has 2 N–H and O–H groups in total. The average Bonchev–Trinajstić information content (AvgIpc) is 2.75. The zero-order chi connectivity index (χ0) is 21.8. The molecule has 3 aromatic rings. The number of ether oxygens (including phenoxy) is 1. The summed E-state index contributed by atoms with van der Waals surface area (Å²) < 4.78 is 6.47. The fourth-order valence-corrected chi connectivity index (χ4v) is 3.96. The Balaban J connectivity index is 1.63. The first kappa shape index (κ1) is 21.3. The van der Waals surface area contributed by atoms with E-state index in [1.54, 1.807) is 19.3 Å². The molecule has 0 atom stereocenters. The van der Waals surface area contributed by atoms with Crippen molar-refractivity contribution >= 4 is 49.9 Å². The molecule has 1 aromatic heterocycles. The zero-order valence-corrected chi connectivity index (χ0v) is 19.1. The summed E-state index contributed by atoms with van der Waals surface area (Å²) in [5, 5.41) is 7.07. The predicted molar refractivity (Wildman–Crippen MR) is 127 cm³/mol. The smallest absolute Gasteiger partial charge is 0.248 e. The monoisotopic (exact) mass is 481 g/mol. The first-order valence-corrected chi connectivity index (χ1v) is 10.9. The van der Waals surface area contributed by atoms with E-state index in [9.17, 15) is 4.79 Å². The molecular weight excluding hydrogens is 458 g/mol. The fraction of sp³-hybridized carbons (Fsp3) is 0.261. The summed E-state index contributed by atoms with van der Waals surface area (Å²) in [4.78, 5) is 23.7. The van der Waals surface area contributed by atoms with Gasteiger partial charge in [-0.05, 0) is 44.2 Å². The lowest BCUT2D eigenvalue weighted by atomic mass is 10.0. The zero-order valence-electron chi connectivity index (χ0n) is 17.5. The molecule has 0 spiro atoms. The number of likely N-dealkylation sites (tertiary alicyclic amines) is 1. The predicted octanol–water partition coefficient (Wildman–Crippen LogP) is 4.74. The number of nitrogens with one attached hydrogen (secondary N) is 2. The molecule has 0 unspecified atom stereocenters. The topological polar surface area (TPSA) is 79.4 Å². The molecule has 8 heteroatoms. The average molecular weight is 482 g/mol. The number of carbonyl (C=O) groups is 1. The second-order valence-corrected chi connectivity index (χ2v) is 8.44. The van der Waals surface area contributed by atoms with Crippen molar-refractivity contribution in [2.45, 2.75) is 12.8 Å². The first-order chi connectivity index (χ1) is 15.0. The van der Waals surface area contributed by atoms with Gasteiger partial charge >= 0.3 is 0 Å². The van der Waals surface area contributed by atoms with E-state index in [1.165, 1.54) is 6.33 Å². The van der Waals surface area contributed by atoms with E-state index < -0.39 is 0 Å². The van der Waals surface area contributed by atoms with Crippen molar-refractivity contribution in [3.05, 3.63) is 58.8 Å². The summed E-state index contributed by atoms with van der Waals surface area (Å²) in [7, 11) is 3.67. The number of hydrogen-bond acceptors (Lipinski definition) is 6. The lowest BCUT2D eigenvalue weighted by Gasteiger charge is -2.23. The highest BCUT2D eigenvalue weighted by Crippen LogP contribution is 2.33. The van der Waals surface area contributed by atoms with Crippen LogP contribution in [0.4, 0.5) is 17.2 Å². The van der Waals surface area contributed by atoms with Gasteiger partial charge in [0.25, 0.3) is 0 Å². The minimum Gasteiger partial charge on any atom is -0.494 e. The lowest BCUT2D eigenvalue weighted by molar-refractivity contribution is -0.112.